The van der Waals surface area contributed by atoms with Gasteiger partial charge in [-0.05, 0) is 69.8 Å². The Morgan fingerprint density at radius 1 is 1.14 bits per heavy atom. The van der Waals surface area contributed by atoms with Crippen molar-refractivity contribution >= 4 is 51.1 Å². The van der Waals surface area contributed by atoms with E-state index >= 15 is 4.39 Å². The molecule has 2 aliphatic heterocycles. The summed E-state index contributed by atoms with van der Waals surface area (Å²) in [6.07, 6.45) is 5.67. The minimum absolute atomic E-state index is 0.0705. The van der Waals surface area contributed by atoms with Crippen LogP contribution in [0, 0.1) is 18.7 Å². The zero-order valence-electron chi connectivity index (χ0n) is 24.7. The van der Waals surface area contributed by atoms with Crippen LogP contribution in [0.3, 0.4) is 0 Å². The van der Waals surface area contributed by atoms with Crippen LogP contribution in [-0.4, -0.2) is 81.8 Å². The summed E-state index contributed by atoms with van der Waals surface area (Å²) >= 11 is 6.94. The molecule has 1 amide bonds. The topological polar surface area (TPSA) is 93.3 Å². The van der Waals surface area contributed by atoms with Crippen LogP contribution in [0.1, 0.15) is 32.3 Å². The van der Waals surface area contributed by atoms with Crippen molar-refractivity contribution < 1.29 is 9.18 Å². The van der Waals surface area contributed by atoms with Gasteiger partial charge in [0.1, 0.15) is 11.3 Å². The molecular formula is C32H36ClFN8O. The number of amides is 1. The number of piperazine rings is 1. The van der Waals surface area contributed by atoms with Crippen LogP contribution in [-0.2, 0) is 4.79 Å². The third kappa shape index (κ3) is 4.90. The first-order valence-electron chi connectivity index (χ1n) is 15.0. The smallest absolute Gasteiger partial charge is 0.246 e. The van der Waals surface area contributed by atoms with Crippen molar-refractivity contribution in [2.45, 2.75) is 51.7 Å². The van der Waals surface area contributed by atoms with E-state index in [1.165, 1.54) is 18.9 Å². The monoisotopic (exact) mass is 602 g/mol. The largest absolute Gasteiger partial charge is 0.349 e. The molecule has 43 heavy (non-hydrogen) atoms. The number of halogens is 2. The molecule has 0 unspecified atom stereocenters. The third-order valence-corrected chi connectivity index (χ3v) is 9.50. The highest BCUT2D eigenvalue weighted by Gasteiger charge is 2.36. The molecule has 7 rings (SSSR count). The lowest BCUT2D eigenvalue weighted by atomic mass is 9.95. The van der Waals surface area contributed by atoms with Crippen molar-refractivity contribution in [1.82, 2.24) is 30.4 Å². The third-order valence-electron chi connectivity index (χ3n) is 9.21. The number of nitrogens with zero attached hydrogens (tertiary/aromatic N) is 6. The molecule has 2 saturated heterocycles. The standard InChI is InChI=1S/C32H36ClFN8O/c1-5-26(43)41-13-19(4)42(14-18(41)3)31-22-10-24(33)28(27-17(2)6-9-25-23(27)12-36-39-25)29(34)30(22)37-32(38-31)40-15-21(16-40)35-11-20-7-8-20/h5-6,9-10,12,18-21,35H,1,7-8,11,13-16H2,2-4H3,(H,36,39)/t18-,19+/m1/s1. The second kappa shape index (κ2) is 10.7. The van der Waals surface area contributed by atoms with E-state index in [2.05, 4.69) is 38.8 Å². The molecule has 0 radical (unpaired) electrons. The van der Waals surface area contributed by atoms with Gasteiger partial charge >= 0.3 is 0 Å². The molecule has 9 nitrogen and oxygen atoms in total. The van der Waals surface area contributed by atoms with E-state index in [4.69, 9.17) is 21.6 Å². The van der Waals surface area contributed by atoms with Gasteiger partial charge in [0.15, 0.2) is 5.82 Å². The Kier molecular flexibility index (Phi) is 7.01. The minimum atomic E-state index is -0.477. The number of anilines is 2. The molecule has 1 aliphatic carbocycles. The normalized spacial score (nSPS) is 21.1. The maximum atomic E-state index is 16.9. The lowest BCUT2D eigenvalue weighted by Gasteiger charge is -2.45. The molecule has 2 aromatic carbocycles. The average Bonchev–Trinajstić information content (AvgIpc) is 3.67. The summed E-state index contributed by atoms with van der Waals surface area (Å²) < 4.78 is 16.9. The van der Waals surface area contributed by atoms with Gasteiger partial charge in [0.05, 0.1) is 16.7 Å². The first kappa shape index (κ1) is 28.0. The van der Waals surface area contributed by atoms with Crippen LogP contribution in [0.2, 0.25) is 5.02 Å². The molecule has 1 saturated carbocycles. The highest BCUT2D eigenvalue weighted by molar-refractivity contribution is 6.35. The fourth-order valence-corrected chi connectivity index (χ4v) is 6.78. The lowest BCUT2D eigenvalue weighted by Crippen LogP contribution is -2.59. The molecule has 11 heteroatoms. The van der Waals surface area contributed by atoms with Gasteiger partial charge in [0, 0.05) is 66.2 Å². The maximum absolute atomic E-state index is 16.9. The van der Waals surface area contributed by atoms with E-state index < -0.39 is 5.82 Å². The first-order chi connectivity index (χ1) is 20.7. The Labute approximate surface area is 255 Å². The molecule has 2 N–H and O–H groups in total. The molecule has 3 fully saturated rings. The highest BCUT2D eigenvalue weighted by Crippen LogP contribution is 2.43. The number of hydrogen-bond donors (Lipinski definition) is 2. The van der Waals surface area contributed by atoms with Gasteiger partial charge in [0.25, 0.3) is 0 Å². The number of aromatic nitrogens is 4. The first-order valence-corrected chi connectivity index (χ1v) is 15.4. The SMILES string of the molecule is C=CC(=O)N1C[C@H](C)N(c2nc(N3CC(NCC4CC4)C3)nc3c(F)c(-c4c(C)ccc5[nH]ncc45)c(Cl)cc23)C[C@H]1C. The van der Waals surface area contributed by atoms with Crippen LogP contribution in [0.25, 0.3) is 32.9 Å². The average molecular weight is 603 g/mol. The Balaban J connectivity index is 1.34. The van der Waals surface area contributed by atoms with Crippen LogP contribution < -0.4 is 15.1 Å². The molecular weight excluding hydrogens is 567 g/mol. The van der Waals surface area contributed by atoms with Crippen LogP contribution in [0.4, 0.5) is 16.2 Å². The summed E-state index contributed by atoms with van der Waals surface area (Å²) in [5.74, 6) is 1.36. The molecule has 224 valence electrons. The van der Waals surface area contributed by atoms with Crippen molar-refractivity contribution in [1.29, 1.82) is 0 Å². The zero-order valence-corrected chi connectivity index (χ0v) is 25.5. The summed E-state index contributed by atoms with van der Waals surface area (Å²) in [6, 6.07) is 5.87. The Morgan fingerprint density at radius 2 is 1.93 bits per heavy atom. The number of aromatic amines is 1. The number of fused-ring (bicyclic) bond motifs is 2. The summed E-state index contributed by atoms with van der Waals surface area (Å²) in [5, 5.41) is 12.5. The van der Waals surface area contributed by atoms with Gasteiger partial charge in [-0.3, -0.25) is 9.89 Å². The quantitative estimate of drug-likeness (QED) is 0.285. The molecule has 0 spiro atoms. The fraction of sp³-hybridized carbons (Fsp3) is 0.438. The van der Waals surface area contributed by atoms with Gasteiger partial charge in [-0.1, -0.05) is 24.2 Å². The van der Waals surface area contributed by atoms with Crippen molar-refractivity contribution in [3.05, 3.63) is 53.5 Å². The number of rotatable bonds is 7. The second-order valence-electron chi connectivity index (χ2n) is 12.4. The fourth-order valence-electron chi connectivity index (χ4n) is 6.49. The molecule has 4 aromatic rings. The van der Waals surface area contributed by atoms with Gasteiger partial charge in [-0.2, -0.15) is 10.1 Å². The zero-order chi connectivity index (χ0) is 30.0. The molecule has 2 atom stereocenters. The van der Waals surface area contributed by atoms with E-state index in [0.29, 0.717) is 47.4 Å². The van der Waals surface area contributed by atoms with Crippen LogP contribution >= 0.6 is 11.6 Å². The van der Waals surface area contributed by atoms with E-state index in [9.17, 15) is 4.79 Å². The lowest BCUT2D eigenvalue weighted by molar-refractivity contribution is -0.128. The van der Waals surface area contributed by atoms with Gasteiger partial charge in [-0.25, -0.2) is 9.37 Å². The molecule has 3 aliphatic rings. The molecule has 2 aromatic heterocycles. The summed E-state index contributed by atoms with van der Waals surface area (Å²) in [5.41, 5.74) is 2.94. The number of H-pyrrole nitrogens is 1. The van der Waals surface area contributed by atoms with Gasteiger partial charge in [-0.15, -0.1) is 0 Å². The Bertz CT molecular complexity index is 1750. The summed E-state index contributed by atoms with van der Waals surface area (Å²) in [6.45, 7) is 13.3. The number of carbonyl (C=O) groups is 1. The van der Waals surface area contributed by atoms with E-state index in [1.807, 2.05) is 30.9 Å². The highest BCUT2D eigenvalue weighted by atomic mass is 35.5. The Morgan fingerprint density at radius 3 is 2.67 bits per heavy atom. The predicted octanol–water partition coefficient (Wildman–Crippen LogP) is 5.07. The molecule has 0 bridgehead atoms. The van der Waals surface area contributed by atoms with E-state index in [-0.39, 0.29) is 28.5 Å². The summed E-state index contributed by atoms with van der Waals surface area (Å²) in [4.78, 5) is 28.5. The number of benzene rings is 2. The Hall–Kier alpha value is -3.76. The number of nitrogens with one attached hydrogen (secondary N) is 2. The van der Waals surface area contributed by atoms with Crippen LogP contribution in [0.15, 0.2) is 37.1 Å². The van der Waals surface area contributed by atoms with E-state index in [1.54, 1.807) is 12.3 Å². The van der Waals surface area contributed by atoms with Gasteiger partial charge < -0.3 is 20.0 Å². The van der Waals surface area contributed by atoms with Crippen molar-refractivity contribution in [2.24, 2.45) is 5.92 Å². The predicted molar refractivity (Wildman–Crippen MR) is 169 cm³/mol. The second-order valence-corrected chi connectivity index (χ2v) is 12.8. The van der Waals surface area contributed by atoms with E-state index in [0.717, 1.165) is 42.0 Å². The van der Waals surface area contributed by atoms with Crippen LogP contribution in [0.5, 0.6) is 0 Å². The number of carbonyl (C=O) groups excluding carboxylic acids is 1. The number of aryl methyl sites for hydroxylation is 1. The molecule has 4 heterocycles. The van der Waals surface area contributed by atoms with Crippen molar-refractivity contribution in [3.63, 3.8) is 0 Å². The van der Waals surface area contributed by atoms with Crippen molar-refractivity contribution in [2.75, 3.05) is 42.5 Å². The minimum Gasteiger partial charge on any atom is -0.349 e. The summed E-state index contributed by atoms with van der Waals surface area (Å²) in [7, 11) is 0. The van der Waals surface area contributed by atoms with Gasteiger partial charge in [0.2, 0.25) is 11.9 Å². The maximum Gasteiger partial charge on any atom is 0.246 e. The number of hydrogen-bond acceptors (Lipinski definition) is 7. The van der Waals surface area contributed by atoms with Crippen molar-refractivity contribution in [3.8, 4) is 11.1 Å².